The third-order valence-corrected chi connectivity index (χ3v) is 4.27. The lowest BCUT2D eigenvalue weighted by atomic mass is 10.1. The first kappa shape index (κ1) is 21.3. The number of rotatable bonds is 8. The van der Waals surface area contributed by atoms with Gasteiger partial charge in [0.2, 0.25) is 11.7 Å². The van der Waals surface area contributed by atoms with Crippen molar-refractivity contribution in [2.45, 2.75) is 18.9 Å². The normalized spacial score (nSPS) is 19.0. The van der Waals surface area contributed by atoms with Gasteiger partial charge in [-0.2, -0.15) is 0 Å². The van der Waals surface area contributed by atoms with Crippen molar-refractivity contribution in [3.8, 4) is 17.2 Å². The van der Waals surface area contributed by atoms with Gasteiger partial charge in [-0.3, -0.25) is 4.79 Å². The molecule has 1 heterocycles. The Labute approximate surface area is 154 Å². The van der Waals surface area contributed by atoms with Gasteiger partial charge in [-0.1, -0.05) is 6.07 Å². The Morgan fingerprint density at radius 2 is 1.92 bits per heavy atom. The minimum absolute atomic E-state index is 0. The third-order valence-electron chi connectivity index (χ3n) is 4.27. The molecule has 1 aromatic rings. The van der Waals surface area contributed by atoms with Crippen molar-refractivity contribution in [2.75, 3.05) is 41.0 Å². The summed E-state index contributed by atoms with van der Waals surface area (Å²) in [6.07, 6.45) is 0.472. The summed E-state index contributed by atoms with van der Waals surface area (Å²) >= 11 is 0. The maximum Gasteiger partial charge on any atom is 0.220 e. The van der Waals surface area contributed by atoms with E-state index in [1.807, 2.05) is 6.07 Å². The van der Waals surface area contributed by atoms with E-state index >= 15 is 0 Å². The number of aryl methyl sites for hydroxylation is 1. The van der Waals surface area contributed by atoms with Gasteiger partial charge in [0.15, 0.2) is 11.5 Å². The van der Waals surface area contributed by atoms with Gasteiger partial charge in [0.25, 0.3) is 0 Å². The van der Waals surface area contributed by atoms with Gasteiger partial charge in [-0.05, 0) is 18.1 Å². The van der Waals surface area contributed by atoms with E-state index in [1.165, 1.54) is 0 Å². The van der Waals surface area contributed by atoms with E-state index < -0.39 is 6.10 Å². The molecular weight excluding hydrogens is 348 g/mol. The van der Waals surface area contributed by atoms with Gasteiger partial charge in [-0.25, -0.2) is 0 Å². The molecule has 8 heteroatoms. The van der Waals surface area contributed by atoms with E-state index in [-0.39, 0.29) is 24.2 Å². The van der Waals surface area contributed by atoms with Crippen LogP contribution in [0.3, 0.4) is 0 Å². The summed E-state index contributed by atoms with van der Waals surface area (Å²) in [4.78, 5) is 12.0. The molecule has 2 unspecified atom stereocenters. The smallest absolute Gasteiger partial charge is 0.220 e. The standard InChI is InChI=1S/C17H26N2O5.ClH/c1-22-14-6-4-11(16(23-2)17(14)24-3)5-7-15(21)19-9-12-8-18-10-13(12)20;/h4,6,12-13,18,20H,5,7-10H2,1-3H3,(H,19,21);1H. The number of halogens is 1. The largest absolute Gasteiger partial charge is 0.493 e. The first-order chi connectivity index (χ1) is 11.6. The Kier molecular flexibility index (Phi) is 8.82. The number of aliphatic hydroxyl groups excluding tert-OH is 1. The molecule has 1 aliphatic rings. The summed E-state index contributed by atoms with van der Waals surface area (Å²) < 4.78 is 16.0. The number of aliphatic hydroxyl groups is 1. The first-order valence-electron chi connectivity index (χ1n) is 8.04. The molecule has 0 saturated carbocycles. The number of methoxy groups -OCH3 is 3. The van der Waals surface area contributed by atoms with Crippen molar-refractivity contribution in [1.82, 2.24) is 10.6 Å². The fraction of sp³-hybridized carbons (Fsp3) is 0.588. The van der Waals surface area contributed by atoms with Crippen LogP contribution in [-0.4, -0.2) is 58.1 Å². The Bertz CT molecular complexity index is 570. The van der Waals surface area contributed by atoms with E-state index in [1.54, 1.807) is 27.4 Å². The highest BCUT2D eigenvalue weighted by atomic mass is 35.5. The lowest BCUT2D eigenvalue weighted by Gasteiger charge is -2.16. The monoisotopic (exact) mass is 374 g/mol. The third kappa shape index (κ3) is 5.39. The highest BCUT2D eigenvalue weighted by molar-refractivity contribution is 5.85. The second kappa shape index (κ2) is 10.3. The molecule has 0 spiro atoms. The van der Waals surface area contributed by atoms with Crippen molar-refractivity contribution < 1.29 is 24.1 Å². The zero-order valence-corrected chi connectivity index (χ0v) is 15.6. The summed E-state index contributed by atoms with van der Waals surface area (Å²) in [5, 5.41) is 15.7. The van der Waals surface area contributed by atoms with Crippen molar-refractivity contribution >= 4 is 18.3 Å². The predicted octanol–water partition coefficient (Wildman–Crippen LogP) is 0.763. The van der Waals surface area contributed by atoms with E-state index in [0.717, 1.165) is 12.1 Å². The van der Waals surface area contributed by atoms with Crippen LogP contribution in [0.5, 0.6) is 17.2 Å². The number of ether oxygens (including phenoxy) is 3. The number of hydrogen-bond donors (Lipinski definition) is 3. The molecule has 0 radical (unpaired) electrons. The van der Waals surface area contributed by atoms with Gasteiger partial charge in [0.1, 0.15) is 0 Å². The zero-order chi connectivity index (χ0) is 17.5. The topological polar surface area (TPSA) is 89.1 Å². The second-order valence-corrected chi connectivity index (χ2v) is 5.78. The predicted molar refractivity (Wildman–Crippen MR) is 97.0 cm³/mol. The molecule has 25 heavy (non-hydrogen) atoms. The highest BCUT2D eigenvalue weighted by Crippen LogP contribution is 2.40. The fourth-order valence-electron chi connectivity index (χ4n) is 2.87. The summed E-state index contributed by atoms with van der Waals surface area (Å²) in [7, 11) is 4.68. The Hall–Kier alpha value is -1.70. The highest BCUT2D eigenvalue weighted by Gasteiger charge is 2.25. The molecular formula is C17H27ClN2O5. The molecule has 1 aliphatic heterocycles. The van der Waals surface area contributed by atoms with Gasteiger partial charge in [-0.15, -0.1) is 12.4 Å². The van der Waals surface area contributed by atoms with Crippen LogP contribution < -0.4 is 24.8 Å². The van der Waals surface area contributed by atoms with E-state index in [9.17, 15) is 9.90 Å². The van der Waals surface area contributed by atoms with E-state index in [4.69, 9.17) is 14.2 Å². The molecule has 0 aromatic heterocycles. The number of nitrogens with one attached hydrogen (secondary N) is 2. The van der Waals surface area contributed by atoms with Crippen molar-refractivity contribution in [1.29, 1.82) is 0 Å². The Morgan fingerprint density at radius 1 is 1.20 bits per heavy atom. The van der Waals surface area contributed by atoms with E-state index in [2.05, 4.69) is 10.6 Å². The molecule has 2 atom stereocenters. The second-order valence-electron chi connectivity index (χ2n) is 5.78. The summed E-state index contributed by atoms with van der Waals surface area (Å²) in [5.41, 5.74) is 0.882. The summed E-state index contributed by atoms with van der Waals surface area (Å²) in [6, 6.07) is 3.67. The molecule has 1 saturated heterocycles. The molecule has 0 bridgehead atoms. The van der Waals surface area contributed by atoms with Gasteiger partial charge in [0, 0.05) is 32.0 Å². The fourth-order valence-corrected chi connectivity index (χ4v) is 2.87. The van der Waals surface area contributed by atoms with Crippen LogP contribution >= 0.6 is 12.4 Å². The number of carbonyl (C=O) groups excluding carboxylic acids is 1. The minimum atomic E-state index is -0.392. The molecule has 2 rings (SSSR count). The summed E-state index contributed by atoms with van der Waals surface area (Å²) in [5.74, 6) is 1.72. The molecule has 1 amide bonds. The number of β-amino-alcohol motifs (C(OH)–C–C–N with tert-alkyl or cyclic N) is 1. The zero-order valence-electron chi connectivity index (χ0n) is 14.8. The number of amides is 1. The molecule has 1 fully saturated rings. The quantitative estimate of drug-likeness (QED) is 0.622. The van der Waals surface area contributed by atoms with Gasteiger partial charge in [0.05, 0.1) is 27.4 Å². The van der Waals surface area contributed by atoms with Crippen molar-refractivity contribution in [2.24, 2.45) is 5.92 Å². The van der Waals surface area contributed by atoms with E-state index in [0.29, 0.717) is 43.2 Å². The SMILES string of the molecule is COc1ccc(CCC(=O)NCC2CNCC2O)c(OC)c1OC.Cl. The number of hydrogen-bond acceptors (Lipinski definition) is 6. The average molecular weight is 375 g/mol. The lowest BCUT2D eigenvalue weighted by molar-refractivity contribution is -0.121. The Morgan fingerprint density at radius 3 is 2.48 bits per heavy atom. The average Bonchev–Trinajstić information content (AvgIpc) is 3.01. The molecule has 142 valence electrons. The molecule has 1 aromatic carbocycles. The van der Waals surface area contributed by atoms with Crippen LogP contribution in [0.1, 0.15) is 12.0 Å². The van der Waals surface area contributed by atoms with Gasteiger partial charge < -0.3 is 30.0 Å². The van der Waals surface area contributed by atoms with Crippen LogP contribution in [0.4, 0.5) is 0 Å². The minimum Gasteiger partial charge on any atom is -0.493 e. The number of carbonyl (C=O) groups is 1. The van der Waals surface area contributed by atoms with Crippen LogP contribution in [0.2, 0.25) is 0 Å². The van der Waals surface area contributed by atoms with Crippen LogP contribution in [-0.2, 0) is 11.2 Å². The lowest BCUT2D eigenvalue weighted by Crippen LogP contribution is -2.34. The van der Waals surface area contributed by atoms with Crippen LogP contribution in [0.25, 0.3) is 0 Å². The van der Waals surface area contributed by atoms with Gasteiger partial charge >= 0.3 is 0 Å². The summed E-state index contributed by atoms with van der Waals surface area (Å²) in [6.45, 7) is 1.80. The first-order valence-corrected chi connectivity index (χ1v) is 8.04. The number of benzene rings is 1. The van der Waals surface area contributed by atoms with Crippen molar-refractivity contribution in [3.05, 3.63) is 17.7 Å². The van der Waals surface area contributed by atoms with Crippen molar-refractivity contribution in [3.63, 3.8) is 0 Å². The maximum atomic E-state index is 12.0. The van der Waals surface area contributed by atoms with Crippen LogP contribution in [0, 0.1) is 5.92 Å². The van der Waals surface area contributed by atoms with Crippen LogP contribution in [0.15, 0.2) is 12.1 Å². The molecule has 7 nitrogen and oxygen atoms in total. The maximum absolute atomic E-state index is 12.0. The molecule has 0 aliphatic carbocycles. The molecule has 3 N–H and O–H groups in total. The Balaban J connectivity index is 0.00000312.